The van der Waals surface area contributed by atoms with Gasteiger partial charge >= 0.3 is 12.1 Å². The van der Waals surface area contributed by atoms with Crippen molar-refractivity contribution in [2.75, 3.05) is 20.1 Å². The molecule has 1 aliphatic heterocycles. The highest BCUT2D eigenvalue weighted by Crippen LogP contribution is 2.28. The summed E-state index contributed by atoms with van der Waals surface area (Å²) in [5.41, 5.74) is 3.01. The average molecular weight is 474 g/mol. The lowest BCUT2D eigenvalue weighted by atomic mass is 10.1. The standard InChI is InChI=1S/C23H22ClF2N5O2/c1-29-10-8-17(9-11-29)31-19-12-16(24)6-7-18(19)30(23(31)32)13-14-2-4-15(5-3-14)21-27-28-22(33-21)20(25)26/h2-7,12,17,20H,8-11,13H2,1H3. The van der Waals surface area contributed by atoms with Crippen molar-refractivity contribution in [1.82, 2.24) is 24.2 Å². The maximum atomic E-state index is 13.5. The van der Waals surface area contributed by atoms with Gasteiger partial charge in [0.2, 0.25) is 5.89 Å². The van der Waals surface area contributed by atoms with E-state index in [2.05, 4.69) is 22.1 Å². The first-order valence-corrected chi connectivity index (χ1v) is 11.1. The first-order chi connectivity index (χ1) is 15.9. The van der Waals surface area contributed by atoms with E-state index in [1.54, 1.807) is 22.8 Å². The van der Waals surface area contributed by atoms with Crippen LogP contribution in [0.1, 0.15) is 36.8 Å². The van der Waals surface area contributed by atoms with E-state index in [1.165, 1.54) is 0 Å². The Hall–Kier alpha value is -3.04. The van der Waals surface area contributed by atoms with E-state index in [9.17, 15) is 13.6 Å². The van der Waals surface area contributed by atoms with Crippen LogP contribution in [0.25, 0.3) is 22.5 Å². The molecule has 1 aliphatic rings. The van der Waals surface area contributed by atoms with E-state index in [-0.39, 0.29) is 17.6 Å². The monoisotopic (exact) mass is 473 g/mol. The largest absolute Gasteiger partial charge is 0.415 e. The van der Waals surface area contributed by atoms with E-state index in [1.807, 2.05) is 28.8 Å². The van der Waals surface area contributed by atoms with Gasteiger partial charge in [0.05, 0.1) is 17.6 Å². The van der Waals surface area contributed by atoms with Gasteiger partial charge in [-0.2, -0.15) is 8.78 Å². The van der Waals surface area contributed by atoms with Crippen LogP contribution in [0.5, 0.6) is 0 Å². The maximum Gasteiger partial charge on any atom is 0.329 e. The van der Waals surface area contributed by atoms with Crippen molar-refractivity contribution in [2.45, 2.75) is 31.9 Å². The molecule has 0 aliphatic carbocycles. The predicted octanol–water partition coefficient (Wildman–Crippen LogP) is 4.76. The van der Waals surface area contributed by atoms with Crippen molar-refractivity contribution in [3.8, 4) is 11.5 Å². The summed E-state index contributed by atoms with van der Waals surface area (Å²) in [4.78, 5) is 15.8. The fourth-order valence-corrected chi connectivity index (χ4v) is 4.55. The second-order valence-electron chi connectivity index (χ2n) is 8.35. The smallest absolute Gasteiger partial charge is 0.329 e. The van der Waals surface area contributed by atoms with Crippen molar-refractivity contribution in [3.63, 3.8) is 0 Å². The van der Waals surface area contributed by atoms with Gasteiger partial charge < -0.3 is 9.32 Å². The van der Waals surface area contributed by atoms with Crippen molar-refractivity contribution in [1.29, 1.82) is 0 Å². The number of alkyl halides is 2. The topological polar surface area (TPSA) is 69.1 Å². The number of imidazole rings is 1. The molecule has 0 bridgehead atoms. The highest BCUT2D eigenvalue weighted by Gasteiger charge is 2.24. The van der Waals surface area contributed by atoms with Crippen molar-refractivity contribution in [3.05, 3.63) is 69.4 Å². The third kappa shape index (κ3) is 4.18. The number of benzene rings is 2. The number of rotatable bonds is 5. The van der Waals surface area contributed by atoms with Gasteiger partial charge in [0, 0.05) is 16.6 Å². The van der Waals surface area contributed by atoms with Gasteiger partial charge in [-0.15, -0.1) is 10.2 Å². The zero-order chi connectivity index (χ0) is 23.1. The molecule has 1 saturated heterocycles. The van der Waals surface area contributed by atoms with Crippen LogP contribution in [0.3, 0.4) is 0 Å². The normalized spacial score (nSPS) is 15.7. The Morgan fingerprint density at radius 2 is 1.82 bits per heavy atom. The first kappa shape index (κ1) is 21.8. The second kappa shape index (κ2) is 8.72. The fourth-order valence-electron chi connectivity index (χ4n) is 4.39. The van der Waals surface area contributed by atoms with E-state index >= 15 is 0 Å². The fraction of sp³-hybridized carbons (Fsp3) is 0.348. The van der Waals surface area contributed by atoms with Gasteiger partial charge in [-0.1, -0.05) is 23.7 Å². The zero-order valence-electron chi connectivity index (χ0n) is 17.9. The molecule has 0 N–H and O–H groups in total. The van der Waals surface area contributed by atoms with Crippen LogP contribution in [0, 0.1) is 0 Å². The Kier molecular flexibility index (Phi) is 5.76. The molecule has 5 rings (SSSR count). The number of aromatic nitrogens is 4. The number of piperidine rings is 1. The quantitative estimate of drug-likeness (QED) is 0.418. The molecule has 4 aromatic rings. The Morgan fingerprint density at radius 3 is 2.48 bits per heavy atom. The van der Waals surface area contributed by atoms with Crippen LogP contribution in [0.4, 0.5) is 8.78 Å². The average Bonchev–Trinajstić information content (AvgIpc) is 3.39. The Labute approximate surface area is 193 Å². The third-order valence-electron chi connectivity index (χ3n) is 6.15. The second-order valence-corrected chi connectivity index (χ2v) is 8.79. The van der Waals surface area contributed by atoms with Gasteiger partial charge in [-0.05, 0) is 68.9 Å². The molecular weight excluding hydrogens is 452 g/mol. The highest BCUT2D eigenvalue weighted by molar-refractivity contribution is 6.31. The lowest BCUT2D eigenvalue weighted by molar-refractivity contribution is 0.116. The molecule has 0 unspecified atom stereocenters. The molecule has 0 spiro atoms. The van der Waals surface area contributed by atoms with Crippen LogP contribution < -0.4 is 5.69 Å². The minimum Gasteiger partial charge on any atom is -0.415 e. The number of likely N-dealkylation sites (tertiary alicyclic amines) is 1. The third-order valence-corrected chi connectivity index (χ3v) is 6.38. The highest BCUT2D eigenvalue weighted by atomic mass is 35.5. The SMILES string of the molecule is CN1CCC(n2c(=O)n(Cc3ccc(-c4nnc(C(F)F)o4)cc3)c3ccc(Cl)cc32)CC1. The summed E-state index contributed by atoms with van der Waals surface area (Å²) in [5.74, 6) is -0.677. The minimum absolute atomic E-state index is 0.0301. The molecule has 10 heteroatoms. The van der Waals surface area contributed by atoms with Crippen molar-refractivity contribution >= 4 is 22.6 Å². The van der Waals surface area contributed by atoms with Gasteiger partial charge in [-0.3, -0.25) is 9.13 Å². The van der Waals surface area contributed by atoms with E-state index < -0.39 is 12.3 Å². The maximum absolute atomic E-state index is 13.5. The molecular formula is C23H22ClF2N5O2. The molecule has 0 amide bonds. The van der Waals surface area contributed by atoms with Crippen LogP contribution in [0.15, 0.2) is 51.7 Å². The van der Waals surface area contributed by atoms with E-state index in [4.69, 9.17) is 16.0 Å². The minimum atomic E-state index is -2.81. The van der Waals surface area contributed by atoms with E-state index in [0.717, 1.165) is 42.5 Å². The molecule has 2 aromatic carbocycles. The molecule has 172 valence electrons. The van der Waals surface area contributed by atoms with Gasteiger partial charge in [0.25, 0.3) is 5.89 Å². The van der Waals surface area contributed by atoms with Crippen LogP contribution in [-0.2, 0) is 6.54 Å². The Balaban J connectivity index is 1.47. The molecule has 2 aromatic heterocycles. The molecule has 0 radical (unpaired) electrons. The summed E-state index contributed by atoms with van der Waals surface area (Å²) in [6, 6.07) is 12.7. The number of nitrogens with zero attached hydrogens (tertiary/aromatic N) is 5. The lowest BCUT2D eigenvalue weighted by Crippen LogP contribution is -2.36. The van der Waals surface area contributed by atoms with Crippen molar-refractivity contribution < 1.29 is 13.2 Å². The summed E-state index contributed by atoms with van der Waals surface area (Å²) in [6.45, 7) is 2.24. The summed E-state index contributed by atoms with van der Waals surface area (Å²) in [6.07, 6.45) is -1.00. The number of hydrogen-bond donors (Lipinski definition) is 0. The Bertz CT molecular complexity index is 1340. The van der Waals surface area contributed by atoms with Gasteiger partial charge in [0.1, 0.15) is 0 Å². The summed E-state index contributed by atoms with van der Waals surface area (Å²) in [5, 5.41) is 7.62. The molecule has 7 nitrogen and oxygen atoms in total. The van der Waals surface area contributed by atoms with Crippen LogP contribution in [-0.4, -0.2) is 44.4 Å². The number of hydrogen-bond acceptors (Lipinski definition) is 5. The van der Waals surface area contributed by atoms with Gasteiger partial charge in [0.15, 0.2) is 0 Å². The molecule has 0 saturated carbocycles. The Morgan fingerprint density at radius 1 is 1.09 bits per heavy atom. The molecule has 1 fully saturated rings. The zero-order valence-corrected chi connectivity index (χ0v) is 18.7. The lowest BCUT2D eigenvalue weighted by Gasteiger charge is -2.29. The summed E-state index contributed by atoms with van der Waals surface area (Å²) < 4.78 is 34.1. The molecule has 3 heterocycles. The number of halogens is 3. The number of fused-ring (bicyclic) bond motifs is 1. The van der Waals surface area contributed by atoms with Crippen LogP contribution >= 0.6 is 11.6 Å². The predicted molar refractivity (Wildman–Crippen MR) is 121 cm³/mol. The van der Waals surface area contributed by atoms with Gasteiger partial charge in [-0.25, -0.2) is 4.79 Å². The van der Waals surface area contributed by atoms with Crippen LogP contribution in [0.2, 0.25) is 5.02 Å². The molecule has 0 atom stereocenters. The summed E-state index contributed by atoms with van der Waals surface area (Å²) in [7, 11) is 2.09. The van der Waals surface area contributed by atoms with Crippen molar-refractivity contribution in [2.24, 2.45) is 0 Å². The first-order valence-electron chi connectivity index (χ1n) is 10.7. The van der Waals surface area contributed by atoms with E-state index in [0.29, 0.717) is 17.1 Å². The summed E-state index contributed by atoms with van der Waals surface area (Å²) >= 11 is 6.27. The molecule has 33 heavy (non-hydrogen) atoms.